The van der Waals surface area contributed by atoms with Crippen molar-refractivity contribution in [2.75, 3.05) is 0 Å². The Morgan fingerprint density at radius 3 is 2.75 bits per heavy atom. The van der Waals surface area contributed by atoms with Crippen molar-refractivity contribution in [2.24, 2.45) is 5.14 Å². The molecule has 1 aromatic carbocycles. The minimum atomic E-state index is -3.73. The molecule has 1 aliphatic rings. The van der Waals surface area contributed by atoms with Crippen LogP contribution in [0.2, 0.25) is 5.28 Å². The van der Waals surface area contributed by atoms with Crippen molar-refractivity contribution < 1.29 is 8.42 Å². The average Bonchev–Trinajstić information content (AvgIpc) is 2.85. The molecule has 1 aliphatic carbocycles. The standard InChI is InChI=1S/C13H12ClN3O2S/c14-13-16-11-6-2-5-10(11)12(17-13)8-3-1-4-9(7-8)20(15,18)19/h1,3-4,7H,2,5-6H2,(H2,15,18,19). The third-order valence-electron chi connectivity index (χ3n) is 3.34. The summed E-state index contributed by atoms with van der Waals surface area (Å²) in [5, 5.41) is 5.34. The van der Waals surface area contributed by atoms with E-state index in [4.69, 9.17) is 16.7 Å². The molecular formula is C13H12ClN3O2S. The molecule has 0 bridgehead atoms. The third-order valence-corrected chi connectivity index (χ3v) is 4.42. The summed E-state index contributed by atoms with van der Waals surface area (Å²) in [6, 6.07) is 6.42. The second-order valence-electron chi connectivity index (χ2n) is 4.69. The molecule has 2 N–H and O–H groups in total. The van der Waals surface area contributed by atoms with E-state index in [2.05, 4.69) is 9.97 Å². The Hall–Kier alpha value is -1.50. The Labute approximate surface area is 121 Å². The van der Waals surface area contributed by atoms with Crippen molar-refractivity contribution in [1.82, 2.24) is 9.97 Å². The Morgan fingerprint density at radius 2 is 2.00 bits per heavy atom. The minimum absolute atomic E-state index is 0.0662. The normalized spacial score (nSPS) is 14.3. The SMILES string of the molecule is NS(=O)(=O)c1cccc(-c2nc(Cl)nc3c2CCC3)c1. The predicted molar refractivity (Wildman–Crippen MR) is 75.9 cm³/mol. The molecule has 1 aromatic heterocycles. The monoisotopic (exact) mass is 309 g/mol. The lowest BCUT2D eigenvalue weighted by atomic mass is 10.1. The van der Waals surface area contributed by atoms with Crippen LogP contribution in [0.25, 0.3) is 11.3 Å². The largest absolute Gasteiger partial charge is 0.238 e. The average molecular weight is 310 g/mol. The Morgan fingerprint density at radius 1 is 1.20 bits per heavy atom. The molecule has 0 amide bonds. The fraction of sp³-hybridized carbons (Fsp3) is 0.231. The molecule has 0 aliphatic heterocycles. The summed E-state index contributed by atoms with van der Waals surface area (Å²) in [4.78, 5) is 8.55. The highest BCUT2D eigenvalue weighted by Crippen LogP contribution is 2.31. The van der Waals surface area contributed by atoms with Crippen LogP contribution < -0.4 is 5.14 Å². The first-order valence-electron chi connectivity index (χ1n) is 6.14. The van der Waals surface area contributed by atoms with Gasteiger partial charge in [-0.05, 0) is 43.0 Å². The van der Waals surface area contributed by atoms with Gasteiger partial charge in [0.1, 0.15) is 0 Å². The highest BCUT2D eigenvalue weighted by molar-refractivity contribution is 7.89. The van der Waals surface area contributed by atoms with Gasteiger partial charge >= 0.3 is 0 Å². The van der Waals surface area contributed by atoms with Gasteiger partial charge in [-0.2, -0.15) is 0 Å². The number of nitrogens with zero attached hydrogens (tertiary/aromatic N) is 2. The van der Waals surface area contributed by atoms with Gasteiger partial charge in [0.05, 0.1) is 10.6 Å². The first-order chi connectivity index (χ1) is 9.45. The van der Waals surface area contributed by atoms with Gasteiger partial charge in [-0.3, -0.25) is 0 Å². The van der Waals surface area contributed by atoms with Gasteiger partial charge in [0.2, 0.25) is 15.3 Å². The second kappa shape index (κ2) is 4.80. The number of rotatable bonds is 2. The molecular weight excluding hydrogens is 298 g/mol. The lowest BCUT2D eigenvalue weighted by molar-refractivity contribution is 0.598. The number of fused-ring (bicyclic) bond motifs is 1. The maximum Gasteiger partial charge on any atom is 0.238 e. The summed E-state index contributed by atoms with van der Waals surface area (Å²) in [5.74, 6) is 0. The fourth-order valence-corrected chi connectivity index (χ4v) is 3.21. The molecule has 0 atom stereocenters. The van der Waals surface area contributed by atoms with E-state index < -0.39 is 10.0 Å². The second-order valence-corrected chi connectivity index (χ2v) is 6.59. The lowest BCUT2D eigenvalue weighted by Crippen LogP contribution is -2.12. The molecule has 7 heteroatoms. The van der Waals surface area contributed by atoms with Crippen molar-refractivity contribution >= 4 is 21.6 Å². The Bertz CT molecular complexity index is 790. The zero-order valence-electron chi connectivity index (χ0n) is 10.5. The van der Waals surface area contributed by atoms with Crippen molar-refractivity contribution in [2.45, 2.75) is 24.2 Å². The minimum Gasteiger partial charge on any atom is -0.225 e. The predicted octanol–water partition coefficient (Wildman–Crippen LogP) is 1.93. The number of primary sulfonamides is 1. The molecule has 0 radical (unpaired) electrons. The van der Waals surface area contributed by atoms with Gasteiger partial charge in [0.25, 0.3) is 0 Å². The number of nitrogens with two attached hydrogens (primary N) is 1. The molecule has 0 fully saturated rings. The molecule has 3 rings (SSSR count). The van der Waals surface area contributed by atoms with Crippen LogP contribution in [0.4, 0.5) is 0 Å². The van der Waals surface area contributed by atoms with E-state index in [0.29, 0.717) is 11.3 Å². The van der Waals surface area contributed by atoms with Crippen molar-refractivity contribution in [3.63, 3.8) is 0 Å². The van der Waals surface area contributed by atoms with E-state index >= 15 is 0 Å². The first kappa shape index (κ1) is 13.5. The van der Waals surface area contributed by atoms with Gasteiger partial charge in [-0.25, -0.2) is 23.5 Å². The third kappa shape index (κ3) is 2.42. The van der Waals surface area contributed by atoms with E-state index in [-0.39, 0.29) is 10.2 Å². The summed E-state index contributed by atoms with van der Waals surface area (Å²) >= 11 is 5.94. The van der Waals surface area contributed by atoms with Crippen LogP contribution >= 0.6 is 11.6 Å². The fourth-order valence-electron chi connectivity index (χ4n) is 2.46. The zero-order valence-corrected chi connectivity index (χ0v) is 12.1. The molecule has 1 heterocycles. The van der Waals surface area contributed by atoms with E-state index in [9.17, 15) is 8.42 Å². The molecule has 0 unspecified atom stereocenters. The quantitative estimate of drug-likeness (QED) is 0.859. The van der Waals surface area contributed by atoms with E-state index in [0.717, 1.165) is 30.5 Å². The van der Waals surface area contributed by atoms with E-state index in [1.54, 1.807) is 12.1 Å². The van der Waals surface area contributed by atoms with Crippen molar-refractivity contribution in [3.8, 4) is 11.3 Å². The maximum atomic E-state index is 11.4. The number of aromatic nitrogens is 2. The van der Waals surface area contributed by atoms with Gasteiger partial charge in [-0.15, -0.1) is 0 Å². The molecule has 104 valence electrons. The molecule has 0 saturated heterocycles. The smallest absolute Gasteiger partial charge is 0.225 e. The molecule has 0 saturated carbocycles. The van der Waals surface area contributed by atoms with Crippen LogP contribution in [0.15, 0.2) is 29.2 Å². The molecule has 2 aromatic rings. The molecule has 0 spiro atoms. The van der Waals surface area contributed by atoms with E-state index in [1.807, 2.05) is 0 Å². The van der Waals surface area contributed by atoms with Crippen LogP contribution in [0.3, 0.4) is 0 Å². The lowest BCUT2D eigenvalue weighted by Gasteiger charge is -2.09. The van der Waals surface area contributed by atoms with Crippen LogP contribution in [0.1, 0.15) is 17.7 Å². The van der Waals surface area contributed by atoms with Gasteiger partial charge in [-0.1, -0.05) is 12.1 Å². The van der Waals surface area contributed by atoms with Gasteiger partial charge in [0.15, 0.2) is 0 Å². The Balaban J connectivity index is 2.20. The summed E-state index contributed by atoms with van der Waals surface area (Å²) in [7, 11) is -3.73. The van der Waals surface area contributed by atoms with Crippen LogP contribution in [-0.2, 0) is 22.9 Å². The van der Waals surface area contributed by atoms with Gasteiger partial charge < -0.3 is 0 Å². The molecule has 5 nitrogen and oxygen atoms in total. The molecule has 20 heavy (non-hydrogen) atoms. The number of halogens is 1. The Kier molecular flexibility index (Phi) is 3.24. The van der Waals surface area contributed by atoms with E-state index in [1.165, 1.54) is 12.1 Å². The highest BCUT2D eigenvalue weighted by Gasteiger charge is 2.20. The van der Waals surface area contributed by atoms with Crippen molar-refractivity contribution in [1.29, 1.82) is 0 Å². The van der Waals surface area contributed by atoms with Crippen LogP contribution in [0.5, 0.6) is 0 Å². The summed E-state index contributed by atoms with van der Waals surface area (Å²) in [5.41, 5.74) is 3.38. The zero-order chi connectivity index (χ0) is 14.3. The van der Waals surface area contributed by atoms with Crippen LogP contribution in [0, 0.1) is 0 Å². The number of benzene rings is 1. The number of hydrogen-bond donors (Lipinski definition) is 1. The maximum absolute atomic E-state index is 11.4. The summed E-state index contributed by atoms with van der Waals surface area (Å²) in [6.07, 6.45) is 2.76. The first-order valence-corrected chi connectivity index (χ1v) is 8.06. The van der Waals surface area contributed by atoms with Gasteiger partial charge in [0, 0.05) is 16.8 Å². The number of aryl methyl sites for hydroxylation is 1. The van der Waals surface area contributed by atoms with Crippen molar-refractivity contribution in [3.05, 3.63) is 40.8 Å². The number of sulfonamides is 1. The highest BCUT2D eigenvalue weighted by atomic mass is 35.5. The summed E-state index contributed by atoms with van der Waals surface area (Å²) < 4.78 is 22.9. The summed E-state index contributed by atoms with van der Waals surface area (Å²) in [6.45, 7) is 0. The number of hydrogen-bond acceptors (Lipinski definition) is 4. The topological polar surface area (TPSA) is 85.9 Å². The van der Waals surface area contributed by atoms with Crippen LogP contribution in [-0.4, -0.2) is 18.4 Å².